The summed E-state index contributed by atoms with van der Waals surface area (Å²) in [4.78, 5) is 41.3. The molecule has 1 heterocycles. The van der Waals surface area contributed by atoms with Gasteiger partial charge in [0.1, 0.15) is 6.04 Å². The first-order chi connectivity index (χ1) is 19.6. The van der Waals surface area contributed by atoms with Crippen LogP contribution >= 0.6 is 31.9 Å². The molecule has 41 heavy (non-hydrogen) atoms. The summed E-state index contributed by atoms with van der Waals surface area (Å²) >= 11 is 6.60. The van der Waals surface area contributed by atoms with Crippen molar-refractivity contribution in [3.8, 4) is 0 Å². The molecule has 0 spiro atoms. The Bertz CT molecular complexity index is 1680. The molecule has 0 saturated heterocycles. The van der Waals surface area contributed by atoms with Crippen LogP contribution in [0.3, 0.4) is 0 Å². The van der Waals surface area contributed by atoms with Crippen LogP contribution in [0.1, 0.15) is 15.9 Å². The van der Waals surface area contributed by atoms with Gasteiger partial charge in [-0.2, -0.15) is 0 Å². The van der Waals surface area contributed by atoms with Gasteiger partial charge >= 0.3 is 12.0 Å². The molecule has 0 saturated carbocycles. The molecule has 0 bridgehead atoms. The number of anilines is 2. The van der Waals surface area contributed by atoms with Gasteiger partial charge in [0.25, 0.3) is 5.91 Å². The van der Waals surface area contributed by atoms with E-state index in [1.807, 2.05) is 0 Å². The Morgan fingerprint density at radius 3 is 2.07 bits per heavy atom. The molecule has 1 atom stereocenters. The number of hydrogen-bond donors (Lipinski definition) is 4. The van der Waals surface area contributed by atoms with Gasteiger partial charge in [0.15, 0.2) is 0 Å². The van der Waals surface area contributed by atoms with Gasteiger partial charge in [-0.05, 0) is 73.8 Å². The number of nitrogens with zero attached hydrogens (tertiary/aromatic N) is 1. The van der Waals surface area contributed by atoms with Gasteiger partial charge in [0.2, 0.25) is 9.84 Å². The number of sulfone groups is 1. The quantitative estimate of drug-likeness (QED) is 0.179. The fraction of sp³-hybridized carbons (Fsp3) is 0.0714. The second-order valence-corrected chi connectivity index (χ2v) is 12.3. The predicted octanol–water partition coefficient (Wildman–Crippen LogP) is 5.51. The molecule has 3 aromatic carbocycles. The standard InChI is InChI=1S/C28H22Br2N4O6S/c29-20-15-31-16-21(30)25(20)26(35)32-18-12-10-17(11-13-18)14-23(27(36)37)34-28(38)33-22-8-4-5-9-24(22)41(39,40)19-6-2-1-3-7-19/h1-13,15-16,23H,14H2,(H,32,35)(H,36,37)(H2,33,34,38). The number of carboxylic acids is 1. The summed E-state index contributed by atoms with van der Waals surface area (Å²) in [6.07, 6.45) is 2.93. The number of halogens is 2. The number of aliphatic carboxylic acids is 1. The number of nitrogens with one attached hydrogen (secondary N) is 3. The number of amides is 3. The van der Waals surface area contributed by atoms with E-state index in [9.17, 15) is 27.9 Å². The summed E-state index contributed by atoms with van der Waals surface area (Å²) in [5.41, 5.74) is 1.42. The van der Waals surface area contributed by atoms with Crippen molar-refractivity contribution in [1.29, 1.82) is 0 Å². The van der Waals surface area contributed by atoms with Crippen LogP contribution < -0.4 is 16.0 Å². The number of para-hydroxylation sites is 1. The number of carbonyl (C=O) groups is 3. The van der Waals surface area contributed by atoms with Crippen LogP contribution in [-0.2, 0) is 21.1 Å². The molecule has 1 unspecified atom stereocenters. The smallest absolute Gasteiger partial charge is 0.326 e. The van der Waals surface area contributed by atoms with Crippen molar-refractivity contribution in [2.75, 3.05) is 10.6 Å². The fourth-order valence-corrected chi connectivity index (χ4v) is 6.55. The van der Waals surface area contributed by atoms with E-state index in [2.05, 4.69) is 52.8 Å². The summed E-state index contributed by atoms with van der Waals surface area (Å²) in [6, 6.07) is 17.9. The molecule has 13 heteroatoms. The van der Waals surface area contributed by atoms with Gasteiger partial charge in [-0.25, -0.2) is 18.0 Å². The number of pyridine rings is 1. The van der Waals surface area contributed by atoms with Crippen LogP contribution in [0.15, 0.2) is 110 Å². The molecule has 0 aliphatic carbocycles. The maximum absolute atomic E-state index is 13.1. The highest BCUT2D eigenvalue weighted by atomic mass is 79.9. The minimum absolute atomic E-state index is 0.00515. The second kappa shape index (κ2) is 13.1. The van der Waals surface area contributed by atoms with Crippen LogP contribution in [0.4, 0.5) is 16.2 Å². The molecule has 10 nitrogen and oxygen atoms in total. The highest BCUT2D eigenvalue weighted by Gasteiger charge is 2.24. The minimum Gasteiger partial charge on any atom is -0.480 e. The first-order valence-corrected chi connectivity index (χ1v) is 15.0. The number of carboxylic acid groups (broad SMARTS) is 1. The Kier molecular flexibility index (Phi) is 9.53. The van der Waals surface area contributed by atoms with Crippen LogP contribution in [-0.4, -0.2) is 42.5 Å². The predicted molar refractivity (Wildman–Crippen MR) is 160 cm³/mol. The van der Waals surface area contributed by atoms with Crippen molar-refractivity contribution < 1.29 is 27.9 Å². The van der Waals surface area contributed by atoms with Crippen molar-refractivity contribution in [2.24, 2.45) is 0 Å². The highest BCUT2D eigenvalue weighted by Crippen LogP contribution is 2.28. The van der Waals surface area contributed by atoms with E-state index >= 15 is 0 Å². The zero-order chi connectivity index (χ0) is 29.6. The van der Waals surface area contributed by atoms with Gasteiger partial charge in [0, 0.05) is 33.4 Å². The van der Waals surface area contributed by atoms with Crippen molar-refractivity contribution in [1.82, 2.24) is 10.3 Å². The Balaban J connectivity index is 1.43. The largest absolute Gasteiger partial charge is 0.480 e. The van der Waals surface area contributed by atoms with Gasteiger partial charge in [-0.1, -0.05) is 42.5 Å². The zero-order valence-electron chi connectivity index (χ0n) is 21.0. The molecular formula is C28H22Br2N4O6S. The van der Waals surface area contributed by atoms with Gasteiger partial charge < -0.3 is 21.1 Å². The number of aromatic nitrogens is 1. The van der Waals surface area contributed by atoms with E-state index in [0.717, 1.165) is 0 Å². The Morgan fingerprint density at radius 1 is 0.829 bits per heavy atom. The SMILES string of the molecule is O=C(Nc1ccccc1S(=O)(=O)c1ccccc1)NC(Cc1ccc(NC(=O)c2c(Br)cncc2Br)cc1)C(=O)O. The number of hydrogen-bond acceptors (Lipinski definition) is 6. The van der Waals surface area contributed by atoms with E-state index in [-0.39, 0.29) is 27.8 Å². The Labute approximate surface area is 252 Å². The molecule has 0 radical (unpaired) electrons. The molecule has 0 aliphatic heterocycles. The van der Waals surface area contributed by atoms with E-state index in [1.54, 1.807) is 48.5 Å². The van der Waals surface area contributed by atoms with Crippen molar-refractivity contribution in [3.05, 3.63) is 111 Å². The van der Waals surface area contributed by atoms with Gasteiger partial charge in [-0.15, -0.1) is 0 Å². The van der Waals surface area contributed by atoms with Crippen LogP contribution in [0.25, 0.3) is 0 Å². The first kappa shape index (κ1) is 29.9. The number of carbonyl (C=O) groups excluding carboxylic acids is 2. The van der Waals surface area contributed by atoms with Crippen LogP contribution in [0.5, 0.6) is 0 Å². The third kappa shape index (κ3) is 7.37. The highest BCUT2D eigenvalue weighted by molar-refractivity contribution is 9.11. The average Bonchev–Trinajstić information content (AvgIpc) is 2.94. The lowest BCUT2D eigenvalue weighted by molar-refractivity contribution is -0.139. The second-order valence-electron chi connectivity index (χ2n) is 8.64. The van der Waals surface area contributed by atoms with E-state index in [1.165, 1.54) is 42.7 Å². The topological polar surface area (TPSA) is 155 Å². The molecule has 210 valence electrons. The lowest BCUT2D eigenvalue weighted by Gasteiger charge is -2.17. The third-order valence-electron chi connectivity index (χ3n) is 5.81. The summed E-state index contributed by atoms with van der Waals surface area (Å²) in [7, 11) is -3.94. The summed E-state index contributed by atoms with van der Waals surface area (Å²) < 4.78 is 27.3. The molecule has 4 N–H and O–H groups in total. The lowest BCUT2D eigenvalue weighted by Crippen LogP contribution is -2.44. The van der Waals surface area contributed by atoms with E-state index in [4.69, 9.17) is 0 Å². The molecule has 1 aromatic heterocycles. The van der Waals surface area contributed by atoms with Gasteiger partial charge in [-0.3, -0.25) is 9.78 Å². The van der Waals surface area contributed by atoms with Gasteiger partial charge in [0.05, 0.1) is 21.0 Å². The number of rotatable bonds is 9. The first-order valence-electron chi connectivity index (χ1n) is 11.9. The Hall–Kier alpha value is -4.07. The van der Waals surface area contributed by atoms with Crippen molar-refractivity contribution in [3.63, 3.8) is 0 Å². The molecule has 3 amide bonds. The van der Waals surface area contributed by atoms with E-state index < -0.39 is 27.9 Å². The van der Waals surface area contributed by atoms with Crippen molar-refractivity contribution in [2.45, 2.75) is 22.3 Å². The summed E-state index contributed by atoms with van der Waals surface area (Å²) in [6.45, 7) is 0. The normalized spacial score (nSPS) is 11.8. The molecule has 0 aliphatic rings. The average molecular weight is 702 g/mol. The molecule has 0 fully saturated rings. The summed E-state index contributed by atoms with van der Waals surface area (Å²) in [5, 5.41) is 17.3. The fourth-order valence-electron chi connectivity index (χ4n) is 3.83. The lowest BCUT2D eigenvalue weighted by atomic mass is 10.1. The molecular weight excluding hydrogens is 680 g/mol. The maximum Gasteiger partial charge on any atom is 0.326 e. The zero-order valence-corrected chi connectivity index (χ0v) is 25.0. The number of urea groups is 1. The molecule has 4 aromatic rings. The monoisotopic (exact) mass is 700 g/mol. The van der Waals surface area contributed by atoms with Crippen LogP contribution in [0.2, 0.25) is 0 Å². The third-order valence-corrected chi connectivity index (χ3v) is 8.84. The summed E-state index contributed by atoms with van der Waals surface area (Å²) in [5.74, 6) is -1.66. The Morgan fingerprint density at radius 2 is 1.44 bits per heavy atom. The number of benzene rings is 3. The molecule has 4 rings (SSSR count). The minimum atomic E-state index is -3.94. The van der Waals surface area contributed by atoms with E-state index in [0.29, 0.717) is 25.8 Å². The van der Waals surface area contributed by atoms with Crippen molar-refractivity contribution >= 4 is 71.0 Å². The maximum atomic E-state index is 13.1. The van der Waals surface area contributed by atoms with Crippen LogP contribution in [0, 0.1) is 0 Å².